The lowest BCUT2D eigenvalue weighted by Gasteiger charge is -2.36. The molecule has 82 heavy (non-hydrogen) atoms. The third-order valence-electron chi connectivity index (χ3n) is 16.4. The highest BCUT2D eigenvalue weighted by Crippen LogP contribution is 2.31. The van der Waals surface area contributed by atoms with Gasteiger partial charge < -0.3 is 48.0 Å². The van der Waals surface area contributed by atoms with Crippen molar-refractivity contribution in [2.24, 2.45) is 47.3 Å². The molecule has 0 spiro atoms. The van der Waals surface area contributed by atoms with Crippen molar-refractivity contribution < 1.29 is 76.4 Å². The number of unbranched alkanes of at least 4 members (excludes halogenated alkanes) is 2. The lowest BCUT2D eigenvalue weighted by molar-refractivity contribution is -0.185. The predicted octanol–water partition coefficient (Wildman–Crippen LogP) is 6.70. The number of carbonyl (C=O) groups excluding carboxylic acids is 10. The van der Waals surface area contributed by atoms with E-state index in [9.17, 15) is 47.9 Å². The fourth-order valence-electron chi connectivity index (χ4n) is 10.9. The Morgan fingerprint density at radius 2 is 0.768 bits per heavy atom. The van der Waals surface area contributed by atoms with Crippen LogP contribution in [0.15, 0.2) is 0 Å². The van der Waals surface area contributed by atoms with Crippen LogP contribution < -0.4 is 0 Å². The molecule has 20 heteroatoms. The van der Waals surface area contributed by atoms with Crippen LogP contribution in [-0.4, -0.2) is 167 Å². The molecule has 3 heterocycles. The van der Waals surface area contributed by atoms with Gasteiger partial charge in [-0.05, 0) is 76.0 Å². The zero-order valence-electron chi connectivity index (χ0n) is 51.8. The van der Waals surface area contributed by atoms with Crippen LogP contribution in [0.5, 0.6) is 0 Å². The Kier molecular flexibility index (Phi) is 27.9. The number of fused-ring (bicyclic) bond motifs is 2. The first-order chi connectivity index (χ1) is 38.5. The highest BCUT2D eigenvalue weighted by molar-refractivity contribution is 5.93. The van der Waals surface area contributed by atoms with E-state index >= 15 is 0 Å². The maximum Gasteiger partial charge on any atom is 0.348 e. The molecule has 20 nitrogen and oxygen atoms in total. The van der Waals surface area contributed by atoms with Crippen molar-refractivity contribution in [2.45, 2.75) is 235 Å². The molecule has 0 bridgehead atoms. The van der Waals surface area contributed by atoms with E-state index in [1.54, 1.807) is 96.9 Å². The minimum atomic E-state index is -1.55. The van der Waals surface area contributed by atoms with Gasteiger partial charge in [0.1, 0.15) is 36.4 Å². The van der Waals surface area contributed by atoms with Gasteiger partial charge >= 0.3 is 35.8 Å². The van der Waals surface area contributed by atoms with Crippen molar-refractivity contribution in [2.75, 3.05) is 27.2 Å². The number of rotatable bonds is 14. The molecule has 0 N–H and O–H groups in total. The van der Waals surface area contributed by atoms with Crippen molar-refractivity contribution in [1.82, 2.24) is 19.6 Å². The van der Waals surface area contributed by atoms with Crippen LogP contribution in [0.1, 0.15) is 174 Å². The number of likely N-dealkylation sites (N-methyl/N-ethyl adjacent to an activating group) is 2. The van der Waals surface area contributed by atoms with Gasteiger partial charge in [-0.3, -0.25) is 19.2 Å². The number of amides is 4. The first-order valence-corrected chi connectivity index (χ1v) is 29.8. The van der Waals surface area contributed by atoms with Gasteiger partial charge in [0.2, 0.25) is 24.0 Å². The minimum Gasteiger partial charge on any atom is -0.460 e. The monoisotopic (exact) mass is 1150 g/mol. The molecule has 0 aliphatic carbocycles. The van der Waals surface area contributed by atoms with Gasteiger partial charge in [0.05, 0.1) is 11.8 Å². The average molecular weight is 1150 g/mol. The Hall–Kier alpha value is -6.18. The maximum atomic E-state index is 14.7. The van der Waals surface area contributed by atoms with Crippen LogP contribution in [0.2, 0.25) is 0 Å². The molecular formula is C62H96N4O16. The molecule has 3 aliphatic heterocycles. The lowest BCUT2D eigenvalue weighted by atomic mass is 9.95. The van der Waals surface area contributed by atoms with Gasteiger partial charge in [0.15, 0.2) is 12.2 Å². The number of hydrogen-bond acceptors (Lipinski definition) is 16. The fourth-order valence-corrected chi connectivity index (χ4v) is 10.9. The van der Waals surface area contributed by atoms with Gasteiger partial charge in [-0.1, -0.05) is 96.9 Å². The summed E-state index contributed by atoms with van der Waals surface area (Å²) in [6.45, 7) is 23.7. The average Bonchev–Trinajstić information content (AvgIpc) is 4.14. The summed E-state index contributed by atoms with van der Waals surface area (Å²) in [7, 11) is 2.82. The number of nitrogens with zero attached hydrogens (tertiary/aromatic N) is 4. The first-order valence-electron chi connectivity index (χ1n) is 29.8. The van der Waals surface area contributed by atoms with Crippen molar-refractivity contribution in [3.8, 4) is 24.7 Å². The smallest absolute Gasteiger partial charge is 0.348 e. The maximum absolute atomic E-state index is 14.7. The summed E-state index contributed by atoms with van der Waals surface area (Å²) < 4.78 is 36.3. The molecule has 0 aromatic carbocycles. The number of ether oxygens (including phenoxy) is 6. The number of terminal acetylenes is 2. The quantitative estimate of drug-likeness (QED) is 0.0761. The molecule has 14 atom stereocenters. The summed E-state index contributed by atoms with van der Waals surface area (Å²) >= 11 is 0. The zero-order valence-corrected chi connectivity index (χ0v) is 51.8. The van der Waals surface area contributed by atoms with E-state index in [2.05, 4.69) is 11.8 Å². The highest BCUT2D eigenvalue weighted by atomic mass is 16.6. The predicted molar refractivity (Wildman–Crippen MR) is 304 cm³/mol. The number of esters is 6. The summed E-state index contributed by atoms with van der Waals surface area (Å²) in [6, 6.07) is -4.81. The SMILES string of the molecule is C#CCCCC1OC(=O)C2CCCN2C(=O)C(C(C)CC)OC(=O)C(C(C)C)OC(=O)C(C(C)C)N(C)C(=O)C(C)C(CCCC#C)OC(=O)C2CCCN2C(=O)C(C(C)CC)OC(=O)C(C(C)C)OC(=O)C(C(C)C)N(C)C(=O)C1C. The Morgan fingerprint density at radius 3 is 1.05 bits per heavy atom. The third kappa shape index (κ3) is 17.9. The van der Waals surface area contributed by atoms with Gasteiger partial charge in [-0.2, -0.15) is 0 Å². The second kappa shape index (κ2) is 32.6. The van der Waals surface area contributed by atoms with Crippen LogP contribution in [0.25, 0.3) is 0 Å². The van der Waals surface area contributed by atoms with Crippen LogP contribution in [0, 0.1) is 72.0 Å². The topological polar surface area (TPSA) is 239 Å². The minimum absolute atomic E-state index is 0.111. The van der Waals surface area contributed by atoms with Gasteiger partial charge in [-0.15, -0.1) is 24.7 Å². The second-order valence-corrected chi connectivity index (χ2v) is 24.1. The van der Waals surface area contributed by atoms with Crippen molar-refractivity contribution >= 4 is 59.4 Å². The molecule has 3 fully saturated rings. The van der Waals surface area contributed by atoms with E-state index in [0.29, 0.717) is 38.5 Å². The van der Waals surface area contributed by atoms with E-state index in [1.165, 1.54) is 33.7 Å². The third-order valence-corrected chi connectivity index (χ3v) is 16.4. The number of carbonyl (C=O) groups is 10. The van der Waals surface area contributed by atoms with E-state index in [4.69, 9.17) is 41.3 Å². The highest BCUT2D eigenvalue weighted by Gasteiger charge is 2.48. The van der Waals surface area contributed by atoms with E-state index in [-0.39, 0.29) is 51.6 Å². The number of hydrogen-bond donors (Lipinski definition) is 0. The van der Waals surface area contributed by atoms with Crippen LogP contribution in [0.4, 0.5) is 0 Å². The zero-order chi connectivity index (χ0) is 62.0. The van der Waals surface area contributed by atoms with E-state index in [0.717, 1.165) is 0 Å². The first kappa shape index (κ1) is 70.1. The number of cyclic esters (lactones) is 6. The van der Waals surface area contributed by atoms with Gasteiger partial charge in [0.25, 0.3) is 11.8 Å². The van der Waals surface area contributed by atoms with Crippen molar-refractivity contribution in [3.63, 3.8) is 0 Å². The lowest BCUT2D eigenvalue weighted by Crippen LogP contribution is -2.54. The molecular weight excluding hydrogens is 1060 g/mol. The molecule has 3 aliphatic rings. The van der Waals surface area contributed by atoms with Crippen LogP contribution in [-0.2, 0) is 76.4 Å². The molecule has 14 unspecified atom stereocenters. The summed E-state index contributed by atoms with van der Waals surface area (Å²) in [6.07, 6.45) is 6.55. The Labute approximate surface area is 487 Å². The molecule has 0 radical (unpaired) electrons. The van der Waals surface area contributed by atoms with E-state index < -0.39 is 168 Å². The molecule has 460 valence electrons. The summed E-state index contributed by atoms with van der Waals surface area (Å²) in [5.41, 5.74) is 0. The molecule has 3 saturated heterocycles. The Bertz CT molecular complexity index is 2160. The fraction of sp³-hybridized carbons (Fsp3) is 0.774. The molecule has 0 aromatic heterocycles. The second-order valence-electron chi connectivity index (χ2n) is 24.1. The summed E-state index contributed by atoms with van der Waals surface area (Å²) in [5.74, 6) is -8.72. The van der Waals surface area contributed by atoms with Crippen molar-refractivity contribution in [1.29, 1.82) is 0 Å². The summed E-state index contributed by atoms with van der Waals surface area (Å²) in [4.78, 5) is 150. The Morgan fingerprint density at radius 1 is 0.451 bits per heavy atom. The normalized spacial score (nSPS) is 29.6. The van der Waals surface area contributed by atoms with Crippen molar-refractivity contribution in [3.05, 3.63) is 0 Å². The largest absolute Gasteiger partial charge is 0.460 e. The van der Waals surface area contributed by atoms with Crippen LogP contribution >= 0.6 is 0 Å². The molecule has 0 saturated carbocycles. The van der Waals surface area contributed by atoms with Gasteiger partial charge in [-0.25, -0.2) is 28.8 Å². The van der Waals surface area contributed by atoms with E-state index in [1.807, 2.05) is 0 Å². The Balaban J connectivity index is 2.24. The molecule has 0 aromatic rings. The summed E-state index contributed by atoms with van der Waals surface area (Å²) in [5, 5.41) is 0. The van der Waals surface area contributed by atoms with Gasteiger partial charge in [0, 0.05) is 63.7 Å². The molecule has 3 rings (SSSR count). The van der Waals surface area contributed by atoms with Crippen LogP contribution in [0.3, 0.4) is 0 Å². The molecule has 4 amide bonds. The standard InChI is InChI=1S/C62H96N4O16/c1-19-23-25-31-45-41(15)53(67)63(17)47(35(5)6)59(73)79-49(37(9)10)61(75)82-52(40(14)22-4)56(70)66-34-28-30-44(66)58(72)78-46(32-26-24-20-2)42(16)54(68)64(18)48(36(7)8)60(74)80-50(38(11)12)62(76)81-51(39(13)21-3)55(69)65-33-27-29-43(65)57(71)77-45/h1-2,35-52H,21-34H2,3-18H3.